The third-order valence-electron chi connectivity index (χ3n) is 3.89. The van der Waals surface area contributed by atoms with Gasteiger partial charge in [-0.1, -0.05) is 48.5 Å². The van der Waals surface area contributed by atoms with Crippen LogP contribution >= 0.6 is 0 Å². The van der Waals surface area contributed by atoms with Crippen LogP contribution in [0.3, 0.4) is 0 Å². The molecular weight excluding hydrogens is 290 g/mol. The van der Waals surface area contributed by atoms with Gasteiger partial charge in [0, 0.05) is 0 Å². The van der Waals surface area contributed by atoms with Crippen molar-refractivity contribution in [2.24, 2.45) is 0 Å². The van der Waals surface area contributed by atoms with Crippen LogP contribution in [0.4, 0.5) is 5.69 Å². The Morgan fingerprint density at radius 3 is 2.09 bits per heavy atom. The highest BCUT2D eigenvalue weighted by molar-refractivity contribution is 6.01. The standard InChI is InChI=1S/C19H21NO3/c1-13-8-7-9-14(2)18(13)20(15(3)19(22)23)17(21)12-16-10-5-4-6-11-16/h4-11,15H,12H2,1-3H3,(H,22,23). The molecule has 0 radical (unpaired) electrons. The molecule has 0 saturated carbocycles. The van der Waals surface area contributed by atoms with Gasteiger partial charge in [-0.2, -0.15) is 0 Å². The molecule has 1 amide bonds. The van der Waals surface area contributed by atoms with E-state index in [1.54, 1.807) is 0 Å². The van der Waals surface area contributed by atoms with Crippen molar-refractivity contribution in [1.29, 1.82) is 0 Å². The predicted molar refractivity (Wildman–Crippen MR) is 90.6 cm³/mol. The number of benzene rings is 2. The Labute approximate surface area is 136 Å². The topological polar surface area (TPSA) is 57.6 Å². The second-order valence-electron chi connectivity index (χ2n) is 5.68. The van der Waals surface area contributed by atoms with Crippen LogP contribution in [-0.2, 0) is 16.0 Å². The van der Waals surface area contributed by atoms with Crippen LogP contribution in [0.2, 0.25) is 0 Å². The highest BCUT2D eigenvalue weighted by Crippen LogP contribution is 2.27. The van der Waals surface area contributed by atoms with Gasteiger partial charge in [0.25, 0.3) is 0 Å². The van der Waals surface area contributed by atoms with Crippen molar-refractivity contribution in [2.75, 3.05) is 4.90 Å². The molecule has 2 aromatic carbocycles. The number of carbonyl (C=O) groups excluding carboxylic acids is 1. The lowest BCUT2D eigenvalue weighted by molar-refractivity contribution is -0.139. The van der Waals surface area contributed by atoms with E-state index >= 15 is 0 Å². The lowest BCUT2D eigenvalue weighted by Crippen LogP contribution is -2.45. The van der Waals surface area contributed by atoms with Crippen molar-refractivity contribution in [3.05, 3.63) is 65.2 Å². The molecule has 1 atom stereocenters. The summed E-state index contributed by atoms with van der Waals surface area (Å²) in [5, 5.41) is 9.42. The molecule has 0 bridgehead atoms. The second-order valence-corrected chi connectivity index (χ2v) is 5.68. The molecule has 0 spiro atoms. The van der Waals surface area contributed by atoms with Gasteiger partial charge in [0.2, 0.25) is 5.91 Å². The predicted octanol–water partition coefficient (Wildman–Crippen LogP) is 3.35. The first kappa shape index (κ1) is 16.7. The number of amides is 1. The van der Waals surface area contributed by atoms with Crippen molar-refractivity contribution in [2.45, 2.75) is 33.2 Å². The summed E-state index contributed by atoms with van der Waals surface area (Å²) in [4.78, 5) is 25.7. The van der Waals surface area contributed by atoms with Crippen molar-refractivity contribution >= 4 is 17.6 Å². The summed E-state index contributed by atoms with van der Waals surface area (Å²) < 4.78 is 0. The molecule has 1 N–H and O–H groups in total. The molecule has 4 heteroatoms. The Morgan fingerprint density at radius 1 is 1.00 bits per heavy atom. The summed E-state index contributed by atoms with van der Waals surface area (Å²) in [6.07, 6.45) is 0.173. The molecule has 0 aliphatic rings. The quantitative estimate of drug-likeness (QED) is 0.921. The minimum Gasteiger partial charge on any atom is -0.480 e. The number of aliphatic carboxylic acids is 1. The second kappa shape index (κ2) is 7.09. The van der Waals surface area contributed by atoms with Gasteiger partial charge in [-0.25, -0.2) is 4.79 Å². The van der Waals surface area contributed by atoms with Gasteiger partial charge in [0.1, 0.15) is 6.04 Å². The highest BCUT2D eigenvalue weighted by Gasteiger charge is 2.29. The van der Waals surface area contributed by atoms with Crippen LogP contribution < -0.4 is 4.90 Å². The minimum absolute atomic E-state index is 0.173. The van der Waals surface area contributed by atoms with E-state index in [0.29, 0.717) is 5.69 Å². The number of aryl methyl sites for hydroxylation is 2. The Balaban J connectivity index is 2.42. The molecule has 0 aliphatic heterocycles. The molecule has 0 fully saturated rings. The van der Waals surface area contributed by atoms with Gasteiger partial charge < -0.3 is 5.11 Å². The average Bonchev–Trinajstić information content (AvgIpc) is 2.51. The maximum Gasteiger partial charge on any atom is 0.326 e. The maximum atomic E-state index is 12.8. The number of nitrogens with zero attached hydrogens (tertiary/aromatic N) is 1. The molecule has 1 unspecified atom stereocenters. The SMILES string of the molecule is Cc1cccc(C)c1N(C(=O)Cc1ccccc1)C(C)C(=O)O. The Kier molecular flexibility index (Phi) is 5.16. The van der Waals surface area contributed by atoms with Crippen LogP contribution in [0.1, 0.15) is 23.6 Å². The molecule has 23 heavy (non-hydrogen) atoms. The van der Waals surface area contributed by atoms with Crippen LogP contribution in [0.15, 0.2) is 48.5 Å². The fraction of sp³-hybridized carbons (Fsp3) is 0.263. The van der Waals surface area contributed by atoms with E-state index in [1.165, 1.54) is 11.8 Å². The summed E-state index contributed by atoms with van der Waals surface area (Å²) in [6, 6.07) is 14.1. The van der Waals surface area contributed by atoms with Gasteiger partial charge in [-0.3, -0.25) is 9.69 Å². The van der Waals surface area contributed by atoms with Crippen LogP contribution in [0.25, 0.3) is 0 Å². The number of hydrogen-bond donors (Lipinski definition) is 1. The van der Waals surface area contributed by atoms with Crippen LogP contribution in [0, 0.1) is 13.8 Å². The molecule has 2 aromatic rings. The van der Waals surface area contributed by atoms with E-state index in [0.717, 1.165) is 16.7 Å². The van der Waals surface area contributed by atoms with Crippen molar-refractivity contribution in [3.63, 3.8) is 0 Å². The van der Waals surface area contributed by atoms with Crippen LogP contribution in [0.5, 0.6) is 0 Å². The van der Waals surface area contributed by atoms with Gasteiger partial charge in [-0.05, 0) is 37.5 Å². The first-order chi connectivity index (χ1) is 10.9. The molecule has 2 rings (SSSR count). The third kappa shape index (κ3) is 3.77. The number of anilines is 1. The number of hydrogen-bond acceptors (Lipinski definition) is 2. The summed E-state index contributed by atoms with van der Waals surface area (Å²) in [7, 11) is 0. The Hall–Kier alpha value is -2.62. The molecule has 0 saturated heterocycles. The third-order valence-corrected chi connectivity index (χ3v) is 3.89. The Morgan fingerprint density at radius 2 is 1.57 bits per heavy atom. The molecule has 4 nitrogen and oxygen atoms in total. The minimum atomic E-state index is -1.02. The fourth-order valence-electron chi connectivity index (χ4n) is 2.69. The van der Waals surface area contributed by atoms with E-state index in [-0.39, 0.29) is 12.3 Å². The number of carbonyl (C=O) groups is 2. The zero-order valence-corrected chi connectivity index (χ0v) is 13.6. The maximum absolute atomic E-state index is 12.8. The van der Waals surface area contributed by atoms with E-state index < -0.39 is 12.0 Å². The van der Waals surface area contributed by atoms with Gasteiger partial charge in [0.15, 0.2) is 0 Å². The van der Waals surface area contributed by atoms with Crippen LogP contribution in [-0.4, -0.2) is 23.0 Å². The van der Waals surface area contributed by atoms with E-state index in [1.807, 2.05) is 62.4 Å². The van der Waals surface area contributed by atoms with E-state index in [2.05, 4.69) is 0 Å². The zero-order valence-electron chi connectivity index (χ0n) is 13.6. The van der Waals surface area contributed by atoms with E-state index in [4.69, 9.17) is 0 Å². The highest BCUT2D eigenvalue weighted by atomic mass is 16.4. The largest absolute Gasteiger partial charge is 0.480 e. The molecule has 120 valence electrons. The summed E-state index contributed by atoms with van der Waals surface area (Å²) in [5.74, 6) is -1.24. The van der Waals surface area contributed by atoms with Gasteiger partial charge in [0.05, 0.1) is 12.1 Å². The Bertz CT molecular complexity index is 690. The van der Waals surface area contributed by atoms with Crippen molar-refractivity contribution < 1.29 is 14.7 Å². The lowest BCUT2D eigenvalue weighted by Gasteiger charge is -2.29. The number of para-hydroxylation sites is 1. The summed E-state index contributed by atoms with van der Waals surface area (Å²) >= 11 is 0. The first-order valence-corrected chi connectivity index (χ1v) is 7.57. The summed E-state index contributed by atoms with van der Waals surface area (Å²) in [5.41, 5.74) is 3.33. The number of carboxylic acids is 1. The summed E-state index contributed by atoms with van der Waals surface area (Å²) in [6.45, 7) is 5.32. The molecule has 0 aliphatic carbocycles. The lowest BCUT2D eigenvalue weighted by atomic mass is 10.0. The number of rotatable bonds is 5. The zero-order chi connectivity index (χ0) is 17.0. The molecular formula is C19H21NO3. The average molecular weight is 311 g/mol. The first-order valence-electron chi connectivity index (χ1n) is 7.57. The normalized spacial score (nSPS) is 11.8. The molecule has 0 heterocycles. The number of carboxylic acid groups (broad SMARTS) is 1. The molecule has 0 aromatic heterocycles. The monoisotopic (exact) mass is 311 g/mol. The fourth-order valence-corrected chi connectivity index (χ4v) is 2.69. The van der Waals surface area contributed by atoms with Crippen molar-refractivity contribution in [1.82, 2.24) is 0 Å². The smallest absolute Gasteiger partial charge is 0.326 e. The van der Waals surface area contributed by atoms with E-state index in [9.17, 15) is 14.7 Å². The van der Waals surface area contributed by atoms with Crippen molar-refractivity contribution in [3.8, 4) is 0 Å². The van der Waals surface area contributed by atoms with Gasteiger partial charge >= 0.3 is 5.97 Å². The van der Waals surface area contributed by atoms with Gasteiger partial charge in [-0.15, -0.1) is 0 Å².